The Labute approximate surface area is 232 Å². The van der Waals surface area contributed by atoms with E-state index in [1.807, 2.05) is 65.0 Å². The van der Waals surface area contributed by atoms with Gasteiger partial charge in [0.2, 0.25) is 11.8 Å². The van der Waals surface area contributed by atoms with Gasteiger partial charge in [-0.15, -0.1) is 0 Å². The van der Waals surface area contributed by atoms with Crippen molar-refractivity contribution < 1.29 is 18.0 Å². The Balaban J connectivity index is 2.06. The van der Waals surface area contributed by atoms with Gasteiger partial charge in [-0.1, -0.05) is 67.9 Å². The van der Waals surface area contributed by atoms with Crippen LogP contribution < -0.4 is 9.62 Å². The van der Waals surface area contributed by atoms with Gasteiger partial charge < -0.3 is 10.2 Å². The molecule has 39 heavy (non-hydrogen) atoms. The van der Waals surface area contributed by atoms with E-state index in [1.54, 1.807) is 42.5 Å². The molecule has 208 valence electrons. The molecule has 0 saturated carbocycles. The van der Waals surface area contributed by atoms with Crippen molar-refractivity contribution in [3.05, 3.63) is 95.1 Å². The third-order valence-electron chi connectivity index (χ3n) is 6.71. The van der Waals surface area contributed by atoms with E-state index in [1.165, 1.54) is 4.90 Å². The third-order valence-corrected chi connectivity index (χ3v) is 8.50. The zero-order valence-corrected chi connectivity index (χ0v) is 24.3. The van der Waals surface area contributed by atoms with Gasteiger partial charge in [0.1, 0.15) is 12.6 Å². The maximum atomic E-state index is 14.1. The van der Waals surface area contributed by atoms with Crippen molar-refractivity contribution in [1.82, 2.24) is 10.2 Å². The summed E-state index contributed by atoms with van der Waals surface area (Å²) in [6.45, 7) is 9.78. The number of anilines is 1. The number of rotatable bonds is 12. The van der Waals surface area contributed by atoms with Crippen LogP contribution in [0.5, 0.6) is 0 Å². The molecular formula is C31H39N3O4S. The molecule has 0 fully saturated rings. The fourth-order valence-electron chi connectivity index (χ4n) is 4.41. The normalized spacial score (nSPS) is 12.0. The highest BCUT2D eigenvalue weighted by Gasteiger charge is 2.33. The third kappa shape index (κ3) is 7.47. The van der Waals surface area contributed by atoms with E-state index in [0.29, 0.717) is 18.7 Å². The van der Waals surface area contributed by atoms with Crippen LogP contribution in [-0.2, 0) is 26.2 Å². The molecule has 3 aromatic rings. The fraction of sp³-hybridized carbons (Fsp3) is 0.355. The molecule has 0 saturated heterocycles. The summed E-state index contributed by atoms with van der Waals surface area (Å²) in [7, 11) is -4.08. The van der Waals surface area contributed by atoms with Gasteiger partial charge in [-0.05, 0) is 74.6 Å². The molecule has 0 unspecified atom stereocenters. The lowest BCUT2D eigenvalue weighted by Crippen LogP contribution is -2.52. The summed E-state index contributed by atoms with van der Waals surface area (Å²) in [5.74, 6) is -0.696. The Morgan fingerprint density at radius 2 is 1.56 bits per heavy atom. The van der Waals surface area contributed by atoms with Crippen molar-refractivity contribution in [3.8, 4) is 0 Å². The van der Waals surface area contributed by atoms with Gasteiger partial charge in [-0.2, -0.15) is 0 Å². The summed E-state index contributed by atoms with van der Waals surface area (Å²) in [5, 5.41) is 2.91. The Morgan fingerprint density at radius 1 is 0.872 bits per heavy atom. The van der Waals surface area contributed by atoms with Crippen LogP contribution in [0.1, 0.15) is 48.9 Å². The lowest BCUT2D eigenvalue weighted by atomic mass is 10.1. The molecule has 2 amide bonds. The van der Waals surface area contributed by atoms with E-state index in [9.17, 15) is 18.0 Å². The standard InChI is InChI=1S/C31H39N3O4S/c1-6-19-32-31(36)29(7-2)33(21-26-13-9-8-12-25(26)5)30(35)22-34(27-14-10-11-24(4)20-27)39(37,38)28-17-15-23(3)16-18-28/h8-18,20,29H,6-7,19,21-22H2,1-5H3,(H,32,36)/t29-/m1/s1. The predicted octanol–water partition coefficient (Wildman–Crippen LogP) is 5.14. The van der Waals surface area contributed by atoms with Crippen molar-refractivity contribution in [2.45, 2.75) is 64.9 Å². The number of sulfonamides is 1. The second-order valence-corrected chi connectivity index (χ2v) is 11.7. The molecule has 7 nitrogen and oxygen atoms in total. The fourth-order valence-corrected chi connectivity index (χ4v) is 5.81. The summed E-state index contributed by atoms with van der Waals surface area (Å²) < 4.78 is 29.0. The van der Waals surface area contributed by atoms with E-state index in [-0.39, 0.29) is 17.3 Å². The van der Waals surface area contributed by atoms with Crippen LogP contribution in [0.2, 0.25) is 0 Å². The van der Waals surface area contributed by atoms with Crippen LogP contribution in [0.15, 0.2) is 77.7 Å². The first-order chi connectivity index (χ1) is 18.6. The minimum atomic E-state index is -4.08. The van der Waals surface area contributed by atoms with E-state index < -0.39 is 28.5 Å². The highest BCUT2D eigenvalue weighted by Crippen LogP contribution is 2.26. The lowest BCUT2D eigenvalue weighted by molar-refractivity contribution is -0.140. The zero-order chi connectivity index (χ0) is 28.6. The van der Waals surface area contributed by atoms with E-state index in [4.69, 9.17) is 0 Å². The number of hydrogen-bond donors (Lipinski definition) is 1. The van der Waals surface area contributed by atoms with Crippen LogP contribution in [0.3, 0.4) is 0 Å². The average molecular weight is 550 g/mol. The van der Waals surface area contributed by atoms with Crippen molar-refractivity contribution in [3.63, 3.8) is 0 Å². The summed E-state index contributed by atoms with van der Waals surface area (Å²) in [6, 6.07) is 20.6. The van der Waals surface area contributed by atoms with E-state index >= 15 is 0 Å². The van der Waals surface area contributed by atoms with Crippen LogP contribution in [-0.4, -0.2) is 44.3 Å². The number of amides is 2. The van der Waals surface area contributed by atoms with E-state index in [0.717, 1.165) is 33.0 Å². The highest BCUT2D eigenvalue weighted by atomic mass is 32.2. The van der Waals surface area contributed by atoms with Crippen molar-refractivity contribution in [2.24, 2.45) is 0 Å². The molecule has 0 radical (unpaired) electrons. The molecule has 0 bridgehead atoms. The SMILES string of the molecule is CCCNC(=O)[C@@H](CC)N(Cc1ccccc1C)C(=O)CN(c1cccc(C)c1)S(=O)(=O)c1ccc(C)cc1. The van der Waals surface area contributed by atoms with Crippen molar-refractivity contribution >= 4 is 27.5 Å². The van der Waals surface area contributed by atoms with Crippen molar-refractivity contribution in [2.75, 3.05) is 17.4 Å². The molecule has 3 rings (SSSR count). The molecule has 0 aliphatic heterocycles. The molecule has 1 N–H and O–H groups in total. The van der Waals surface area contributed by atoms with Gasteiger partial charge in [-0.25, -0.2) is 8.42 Å². The van der Waals surface area contributed by atoms with Crippen LogP contribution in [0.25, 0.3) is 0 Å². The Bertz CT molecular complexity index is 1390. The Kier molecular flexibility index (Phi) is 10.3. The lowest BCUT2D eigenvalue weighted by Gasteiger charge is -2.33. The van der Waals surface area contributed by atoms with Gasteiger partial charge in [0.25, 0.3) is 10.0 Å². The molecule has 0 spiro atoms. The number of benzene rings is 3. The first kappa shape index (κ1) is 29.9. The average Bonchev–Trinajstić information content (AvgIpc) is 2.91. The Morgan fingerprint density at radius 3 is 2.18 bits per heavy atom. The van der Waals surface area contributed by atoms with Crippen LogP contribution in [0, 0.1) is 20.8 Å². The first-order valence-electron chi connectivity index (χ1n) is 13.4. The molecule has 3 aromatic carbocycles. The van der Waals surface area contributed by atoms with Crippen LogP contribution >= 0.6 is 0 Å². The molecular weight excluding hydrogens is 510 g/mol. The number of hydrogen-bond acceptors (Lipinski definition) is 4. The second-order valence-electron chi connectivity index (χ2n) is 9.83. The smallest absolute Gasteiger partial charge is 0.264 e. The maximum Gasteiger partial charge on any atom is 0.264 e. The summed E-state index contributed by atoms with van der Waals surface area (Å²) >= 11 is 0. The topological polar surface area (TPSA) is 86.8 Å². The quantitative estimate of drug-likeness (QED) is 0.339. The van der Waals surface area contributed by atoms with Gasteiger partial charge in [0.05, 0.1) is 10.6 Å². The molecule has 8 heteroatoms. The molecule has 0 heterocycles. The van der Waals surface area contributed by atoms with Gasteiger partial charge in [-0.3, -0.25) is 13.9 Å². The highest BCUT2D eigenvalue weighted by molar-refractivity contribution is 7.92. The zero-order valence-electron chi connectivity index (χ0n) is 23.5. The summed E-state index contributed by atoms with van der Waals surface area (Å²) in [5.41, 5.74) is 4.08. The number of nitrogens with one attached hydrogen (secondary N) is 1. The molecule has 0 aromatic heterocycles. The number of carbonyl (C=O) groups is 2. The molecule has 1 atom stereocenters. The van der Waals surface area contributed by atoms with Gasteiger partial charge in [0.15, 0.2) is 0 Å². The maximum absolute atomic E-state index is 14.1. The minimum Gasteiger partial charge on any atom is -0.354 e. The number of aryl methyl sites for hydroxylation is 3. The van der Waals surface area contributed by atoms with Gasteiger partial charge in [0, 0.05) is 13.1 Å². The van der Waals surface area contributed by atoms with Crippen molar-refractivity contribution in [1.29, 1.82) is 0 Å². The Hall–Kier alpha value is -3.65. The monoisotopic (exact) mass is 549 g/mol. The second kappa shape index (κ2) is 13.4. The summed E-state index contributed by atoms with van der Waals surface area (Å²) in [6.07, 6.45) is 1.16. The number of nitrogens with zero attached hydrogens (tertiary/aromatic N) is 2. The largest absolute Gasteiger partial charge is 0.354 e. The van der Waals surface area contributed by atoms with Gasteiger partial charge >= 0.3 is 0 Å². The van der Waals surface area contributed by atoms with Crippen LogP contribution in [0.4, 0.5) is 5.69 Å². The van der Waals surface area contributed by atoms with E-state index in [2.05, 4.69) is 5.32 Å². The first-order valence-corrected chi connectivity index (χ1v) is 14.8. The predicted molar refractivity (Wildman–Crippen MR) is 156 cm³/mol. The summed E-state index contributed by atoms with van der Waals surface area (Å²) in [4.78, 5) is 28.9. The minimum absolute atomic E-state index is 0.0978. The molecule has 0 aliphatic carbocycles. The number of carbonyl (C=O) groups excluding carboxylic acids is 2. The molecule has 0 aliphatic rings.